The normalized spacial score (nSPS) is 13.2. The highest BCUT2D eigenvalue weighted by Crippen LogP contribution is 2.23. The number of aromatic nitrogens is 1. The SMILES string of the molecule is Cc1[nH]c(=O)c(C(=O)Nc2ccc(C3=CCNCC3)cc2)cc1-c1ccccc1.O=C(O)C(F)(F)F. The van der Waals surface area contributed by atoms with Gasteiger partial charge in [0.05, 0.1) is 0 Å². The first-order chi connectivity index (χ1) is 17.1. The van der Waals surface area contributed by atoms with Crippen molar-refractivity contribution in [2.24, 2.45) is 0 Å². The molecule has 1 aliphatic rings. The Morgan fingerprint density at radius 3 is 2.19 bits per heavy atom. The van der Waals surface area contributed by atoms with E-state index >= 15 is 0 Å². The molecule has 7 nitrogen and oxygen atoms in total. The largest absolute Gasteiger partial charge is 0.490 e. The zero-order valence-corrected chi connectivity index (χ0v) is 19.3. The van der Waals surface area contributed by atoms with Gasteiger partial charge in [0, 0.05) is 23.5 Å². The Morgan fingerprint density at radius 2 is 1.64 bits per heavy atom. The summed E-state index contributed by atoms with van der Waals surface area (Å²) in [6, 6.07) is 19.1. The Morgan fingerprint density at radius 1 is 1.00 bits per heavy atom. The van der Waals surface area contributed by atoms with Crippen molar-refractivity contribution in [1.29, 1.82) is 0 Å². The number of hydrogen-bond donors (Lipinski definition) is 4. The molecule has 0 radical (unpaired) electrons. The Balaban J connectivity index is 0.000000454. The Bertz CT molecular complexity index is 1320. The van der Waals surface area contributed by atoms with Gasteiger partial charge in [-0.15, -0.1) is 0 Å². The van der Waals surface area contributed by atoms with Gasteiger partial charge < -0.3 is 20.7 Å². The zero-order valence-electron chi connectivity index (χ0n) is 19.3. The number of hydrogen-bond acceptors (Lipinski definition) is 4. The molecule has 188 valence electrons. The Hall–Kier alpha value is -4.18. The van der Waals surface area contributed by atoms with Crippen LogP contribution in [0.1, 0.15) is 28.0 Å². The number of aryl methyl sites for hydroxylation is 1. The minimum absolute atomic E-state index is 0.0968. The quantitative estimate of drug-likeness (QED) is 0.419. The third-order valence-electron chi connectivity index (χ3n) is 5.39. The van der Waals surface area contributed by atoms with E-state index in [0.29, 0.717) is 5.69 Å². The van der Waals surface area contributed by atoms with Gasteiger partial charge in [-0.3, -0.25) is 9.59 Å². The first kappa shape index (κ1) is 26.4. The van der Waals surface area contributed by atoms with Gasteiger partial charge >= 0.3 is 12.1 Å². The van der Waals surface area contributed by atoms with Gasteiger partial charge in [0.25, 0.3) is 11.5 Å². The fourth-order valence-corrected chi connectivity index (χ4v) is 3.56. The van der Waals surface area contributed by atoms with Crippen molar-refractivity contribution in [3.8, 4) is 11.1 Å². The number of alkyl halides is 3. The van der Waals surface area contributed by atoms with Crippen LogP contribution in [0.3, 0.4) is 0 Å². The lowest BCUT2D eigenvalue weighted by Gasteiger charge is -2.14. The summed E-state index contributed by atoms with van der Waals surface area (Å²) in [6.07, 6.45) is -1.90. The maximum atomic E-state index is 12.8. The highest BCUT2D eigenvalue weighted by molar-refractivity contribution is 6.04. The standard InChI is InChI=1S/C24H23N3O2.C2HF3O2/c1-16-21(19-5-3-2-4-6-19)15-22(23(28)26-16)24(29)27-20-9-7-17(8-10-20)18-11-13-25-14-12-18;3-2(4,5)1(6)7/h2-11,15,25H,12-14H2,1H3,(H,26,28)(H,27,29);(H,6,7). The number of rotatable bonds is 4. The second-order valence-corrected chi connectivity index (χ2v) is 7.93. The summed E-state index contributed by atoms with van der Waals surface area (Å²) in [7, 11) is 0. The number of carboxylic acid groups (broad SMARTS) is 1. The number of aliphatic carboxylic acids is 1. The predicted octanol–water partition coefficient (Wildman–Crippen LogP) is 4.61. The third-order valence-corrected chi connectivity index (χ3v) is 5.39. The van der Waals surface area contributed by atoms with E-state index in [1.54, 1.807) is 6.07 Å². The molecule has 0 spiro atoms. The monoisotopic (exact) mass is 499 g/mol. The number of carbonyl (C=O) groups is 2. The van der Waals surface area contributed by atoms with Gasteiger partial charge in [0.15, 0.2) is 0 Å². The topological polar surface area (TPSA) is 111 Å². The summed E-state index contributed by atoms with van der Waals surface area (Å²) in [5.41, 5.74) is 5.36. The van der Waals surface area contributed by atoms with E-state index in [1.807, 2.05) is 61.5 Å². The zero-order chi connectivity index (χ0) is 26.3. The lowest BCUT2D eigenvalue weighted by atomic mass is 10.00. The first-order valence-electron chi connectivity index (χ1n) is 11.0. The minimum atomic E-state index is -5.08. The summed E-state index contributed by atoms with van der Waals surface area (Å²) in [5, 5.41) is 13.3. The molecule has 0 unspecified atom stereocenters. The van der Waals surface area contributed by atoms with Crippen molar-refractivity contribution >= 4 is 23.1 Å². The summed E-state index contributed by atoms with van der Waals surface area (Å²) in [5.74, 6) is -3.18. The molecule has 1 aromatic heterocycles. The number of halogens is 3. The summed E-state index contributed by atoms with van der Waals surface area (Å²) >= 11 is 0. The smallest absolute Gasteiger partial charge is 0.475 e. The van der Waals surface area contributed by atoms with Crippen LogP contribution in [0.5, 0.6) is 0 Å². The fraction of sp³-hybridized carbons (Fsp3) is 0.192. The molecule has 2 heterocycles. The van der Waals surface area contributed by atoms with Gasteiger partial charge in [0.1, 0.15) is 5.56 Å². The molecule has 0 fully saturated rings. The van der Waals surface area contributed by atoms with Crippen LogP contribution in [0, 0.1) is 6.92 Å². The van der Waals surface area contributed by atoms with E-state index in [4.69, 9.17) is 9.90 Å². The maximum Gasteiger partial charge on any atom is 0.490 e. The van der Waals surface area contributed by atoms with E-state index < -0.39 is 23.6 Å². The van der Waals surface area contributed by atoms with E-state index in [2.05, 4.69) is 21.7 Å². The van der Waals surface area contributed by atoms with Gasteiger partial charge in [-0.1, -0.05) is 48.5 Å². The van der Waals surface area contributed by atoms with Gasteiger partial charge in [-0.25, -0.2) is 4.79 Å². The number of benzene rings is 2. The number of carbonyl (C=O) groups excluding carboxylic acids is 1. The molecule has 3 aromatic rings. The molecule has 36 heavy (non-hydrogen) atoms. The van der Waals surface area contributed by atoms with Crippen molar-refractivity contribution in [2.45, 2.75) is 19.5 Å². The van der Waals surface area contributed by atoms with E-state index in [1.165, 1.54) is 5.57 Å². The van der Waals surface area contributed by atoms with Crippen molar-refractivity contribution in [1.82, 2.24) is 10.3 Å². The number of pyridine rings is 1. The molecule has 10 heteroatoms. The van der Waals surface area contributed by atoms with Gasteiger partial charge in [-0.2, -0.15) is 13.2 Å². The van der Waals surface area contributed by atoms with Crippen LogP contribution < -0.4 is 16.2 Å². The van der Waals surface area contributed by atoms with Crippen LogP contribution in [0.4, 0.5) is 18.9 Å². The molecular formula is C26H24F3N3O4. The Kier molecular flexibility index (Phi) is 8.44. The van der Waals surface area contributed by atoms with Crippen LogP contribution in [0.25, 0.3) is 16.7 Å². The number of aromatic amines is 1. The summed E-state index contributed by atoms with van der Waals surface area (Å²) in [6.45, 7) is 3.69. The summed E-state index contributed by atoms with van der Waals surface area (Å²) < 4.78 is 31.7. The van der Waals surface area contributed by atoms with Crippen molar-refractivity contribution < 1.29 is 27.9 Å². The van der Waals surface area contributed by atoms with Crippen LogP contribution in [0.15, 0.2) is 71.5 Å². The Labute approximate surface area is 204 Å². The molecule has 0 atom stereocenters. The van der Waals surface area contributed by atoms with E-state index in [0.717, 1.165) is 41.9 Å². The third kappa shape index (κ3) is 6.92. The molecular weight excluding hydrogens is 475 g/mol. The average Bonchev–Trinajstić information content (AvgIpc) is 2.85. The van der Waals surface area contributed by atoms with Crippen LogP contribution in [-0.4, -0.2) is 41.2 Å². The lowest BCUT2D eigenvalue weighted by Crippen LogP contribution is -2.24. The molecule has 1 aliphatic heterocycles. The molecule has 0 aliphatic carbocycles. The predicted molar refractivity (Wildman–Crippen MR) is 131 cm³/mol. The van der Waals surface area contributed by atoms with Crippen molar-refractivity contribution in [2.75, 3.05) is 18.4 Å². The molecule has 4 N–H and O–H groups in total. The maximum absolute atomic E-state index is 12.8. The minimum Gasteiger partial charge on any atom is -0.475 e. The number of amides is 1. The van der Waals surface area contributed by atoms with Gasteiger partial charge in [0.2, 0.25) is 0 Å². The van der Waals surface area contributed by atoms with Crippen LogP contribution in [-0.2, 0) is 4.79 Å². The molecule has 0 bridgehead atoms. The van der Waals surface area contributed by atoms with Crippen molar-refractivity contribution in [3.05, 3.63) is 93.9 Å². The first-order valence-corrected chi connectivity index (χ1v) is 11.0. The van der Waals surface area contributed by atoms with E-state index in [-0.39, 0.29) is 5.56 Å². The highest BCUT2D eigenvalue weighted by Gasteiger charge is 2.38. The van der Waals surface area contributed by atoms with Crippen molar-refractivity contribution in [3.63, 3.8) is 0 Å². The number of H-pyrrole nitrogens is 1. The molecule has 0 saturated heterocycles. The fourth-order valence-electron chi connectivity index (χ4n) is 3.56. The lowest BCUT2D eigenvalue weighted by molar-refractivity contribution is -0.192. The average molecular weight is 499 g/mol. The molecule has 2 aromatic carbocycles. The number of nitrogens with one attached hydrogen (secondary N) is 3. The van der Waals surface area contributed by atoms with Crippen LogP contribution >= 0.6 is 0 Å². The molecule has 0 saturated carbocycles. The second-order valence-electron chi connectivity index (χ2n) is 7.93. The van der Waals surface area contributed by atoms with Gasteiger partial charge in [-0.05, 0) is 54.8 Å². The second kappa shape index (κ2) is 11.5. The van der Waals surface area contributed by atoms with Crippen LogP contribution in [0.2, 0.25) is 0 Å². The highest BCUT2D eigenvalue weighted by atomic mass is 19.4. The number of carboxylic acids is 1. The molecule has 1 amide bonds. The number of anilines is 1. The van der Waals surface area contributed by atoms with E-state index in [9.17, 15) is 22.8 Å². The summed E-state index contributed by atoms with van der Waals surface area (Å²) in [4.78, 5) is 36.8. The molecule has 4 rings (SSSR count).